The van der Waals surface area contributed by atoms with Crippen LogP contribution in [-0.2, 0) is 0 Å². The molecule has 1 aliphatic rings. The number of rotatable bonds is 6. The Morgan fingerprint density at radius 3 is 2.44 bits per heavy atom. The van der Waals surface area contributed by atoms with Gasteiger partial charge >= 0.3 is 6.03 Å². The lowest BCUT2D eigenvalue weighted by atomic mass is 9.97. The first kappa shape index (κ1) is 23.5. The number of nitrogens with one attached hydrogen (secondary N) is 2. The summed E-state index contributed by atoms with van der Waals surface area (Å²) in [4.78, 5) is 22.6. The third kappa shape index (κ3) is 4.84. The molecule has 11 heteroatoms. The molecule has 0 fully saturated rings. The summed E-state index contributed by atoms with van der Waals surface area (Å²) in [5, 5.41) is 6.21. The number of benzene rings is 1. The van der Waals surface area contributed by atoms with Crippen molar-refractivity contribution in [3.05, 3.63) is 52.1 Å². The highest BCUT2D eigenvalue weighted by Crippen LogP contribution is 2.44. The van der Waals surface area contributed by atoms with Gasteiger partial charge in [0.15, 0.2) is 0 Å². The van der Waals surface area contributed by atoms with E-state index in [1.165, 1.54) is 31.5 Å². The molecule has 3 rings (SSSR count). The van der Waals surface area contributed by atoms with E-state index in [9.17, 15) is 4.79 Å². The highest BCUT2D eigenvalue weighted by Gasteiger charge is 2.22. The van der Waals surface area contributed by atoms with E-state index < -0.39 is 6.03 Å². The lowest BCUT2D eigenvalue weighted by molar-refractivity contribution is 0.258. The zero-order valence-electron chi connectivity index (χ0n) is 18.1. The zero-order chi connectivity index (χ0) is 23.4. The van der Waals surface area contributed by atoms with Crippen molar-refractivity contribution < 1.29 is 14.3 Å². The molecule has 1 aromatic heterocycles. The molecule has 1 aliphatic carbocycles. The number of methoxy groups -OCH3 is 2. The smallest absolute Gasteiger partial charge is 0.327 e. The fourth-order valence-electron chi connectivity index (χ4n) is 3.11. The first-order chi connectivity index (χ1) is 15.3. The number of carbonyl (C=O) groups excluding carboxylic acids is 1. The van der Waals surface area contributed by atoms with Gasteiger partial charge in [0.1, 0.15) is 39.5 Å². The van der Waals surface area contributed by atoms with Crippen molar-refractivity contribution in [1.29, 1.82) is 0 Å². The second-order valence-corrected chi connectivity index (χ2v) is 7.82. The van der Waals surface area contributed by atoms with Crippen LogP contribution in [0.15, 0.2) is 42.0 Å². The van der Waals surface area contributed by atoms with Gasteiger partial charge < -0.3 is 25.8 Å². The molecular weight excluding hydrogens is 455 g/mol. The molecule has 0 spiro atoms. The van der Waals surface area contributed by atoms with Crippen LogP contribution in [0.3, 0.4) is 0 Å². The first-order valence-electron chi connectivity index (χ1n) is 9.66. The maximum absolute atomic E-state index is 12.9. The molecular formula is C21H24Cl2N6O3. The quantitative estimate of drug-likeness (QED) is 0.553. The third-order valence-corrected chi connectivity index (χ3v) is 5.71. The summed E-state index contributed by atoms with van der Waals surface area (Å²) >= 11 is 12.7. The summed E-state index contributed by atoms with van der Waals surface area (Å²) in [7, 11) is 4.46. The van der Waals surface area contributed by atoms with Crippen LogP contribution in [0.25, 0.3) is 0 Å². The topological polar surface area (TPSA) is 115 Å². The normalized spacial score (nSPS) is 15.4. The fraction of sp³-hybridized carbons (Fsp3) is 0.286. The third-order valence-electron chi connectivity index (χ3n) is 4.96. The van der Waals surface area contributed by atoms with E-state index in [1.807, 2.05) is 12.2 Å². The lowest BCUT2D eigenvalue weighted by Gasteiger charge is -2.22. The molecule has 170 valence electrons. The number of hydrogen-bond acceptors (Lipinski definition) is 7. The number of amides is 2. The molecule has 0 radical (unpaired) electrons. The van der Waals surface area contributed by atoms with Crippen LogP contribution < -0.4 is 30.7 Å². The number of nitrogens with two attached hydrogens (primary N) is 1. The molecule has 0 saturated carbocycles. The SMILES string of the molecule is COc1cc(OC)c(Cl)c(NC(=O)N(C)c2cc(NC3=C(N)C=CCC3C)ncn2)c1Cl. The highest BCUT2D eigenvalue weighted by molar-refractivity contribution is 6.41. The van der Waals surface area contributed by atoms with Gasteiger partial charge in [0.25, 0.3) is 0 Å². The minimum absolute atomic E-state index is 0.145. The average molecular weight is 479 g/mol. The van der Waals surface area contributed by atoms with Crippen molar-refractivity contribution in [1.82, 2.24) is 9.97 Å². The number of hydrogen-bond donors (Lipinski definition) is 3. The number of ether oxygens (including phenoxy) is 2. The lowest BCUT2D eigenvalue weighted by Crippen LogP contribution is -2.32. The van der Waals surface area contributed by atoms with Gasteiger partial charge in [0.05, 0.1) is 25.6 Å². The fourth-order valence-corrected chi connectivity index (χ4v) is 3.71. The van der Waals surface area contributed by atoms with Crippen LogP contribution in [0.4, 0.5) is 22.1 Å². The average Bonchev–Trinajstić information content (AvgIpc) is 2.79. The van der Waals surface area contributed by atoms with E-state index in [-0.39, 0.29) is 21.7 Å². The number of urea groups is 1. The molecule has 9 nitrogen and oxygen atoms in total. The first-order valence-corrected chi connectivity index (χ1v) is 10.4. The molecule has 2 aromatic rings. The van der Waals surface area contributed by atoms with E-state index in [2.05, 4.69) is 27.5 Å². The van der Waals surface area contributed by atoms with Gasteiger partial charge in [-0.1, -0.05) is 36.2 Å². The molecule has 1 heterocycles. The summed E-state index contributed by atoms with van der Waals surface area (Å²) in [5.74, 6) is 1.68. The number of anilines is 3. The van der Waals surface area contributed by atoms with Crippen LogP contribution in [0.1, 0.15) is 13.3 Å². The van der Waals surface area contributed by atoms with Gasteiger partial charge in [-0.3, -0.25) is 4.90 Å². The predicted octanol–water partition coefficient (Wildman–Crippen LogP) is 4.65. The number of aromatic nitrogens is 2. The molecule has 1 unspecified atom stereocenters. The predicted molar refractivity (Wildman–Crippen MR) is 127 cm³/mol. The molecule has 0 bridgehead atoms. The Hall–Kier alpha value is -3.17. The summed E-state index contributed by atoms with van der Waals surface area (Å²) in [6.07, 6.45) is 6.11. The van der Waals surface area contributed by atoms with E-state index >= 15 is 0 Å². The van der Waals surface area contributed by atoms with Gasteiger partial charge in [-0.25, -0.2) is 14.8 Å². The highest BCUT2D eigenvalue weighted by atomic mass is 35.5. The zero-order valence-corrected chi connectivity index (χ0v) is 19.6. The van der Waals surface area contributed by atoms with Crippen LogP contribution in [0.2, 0.25) is 10.0 Å². The number of nitrogens with zero attached hydrogens (tertiary/aromatic N) is 3. The summed E-state index contributed by atoms with van der Waals surface area (Å²) in [6, 6.07) is 2.65. The number of carbonyl (C=O) groups is 1. The van der Waals surface area contributed by atoms with Gasteiger partial charge in [0, 0.05) is 30.8 Å². The minimum Gasteiger partial charge on any atom is -0.495 e. The summed E-state index contributed by atoms with van der Waals surface area (Å²) in [5.41, 5.74) is 7.77. The van der Waals surface area contributed by atoms with Crippen LogP contribution in [-0.4, -0.2) is 37.3 Å². The van der Waals surface area contributed by atoms with Gasteiger partial charge in [0.2, 0.25) is 0 Å². The summed E-state index contributed by atoms with van der Waals surface area (Å²) < 4.78 is 10.5. The molecule has 32 heavy (non-hydrogen) atoms. The van der Waals surface area contributed by atoms with Crippen LogP contribution in [0.5, 0.6) is 11.5 Å². The maximum atomic E-state index is 12.9. The van der Waals surface area contributed by atoms with Crippen molar-refractivity contribution in [3.63, 3.8) is 0 Å². The van der Waals surface area contributed by atoms with Crippen molar-refractivity contribution in [2.75, 3.05) is 36.8 Å². The van der Waals surface area contributed by atoms with Crippen LogP contribution in [0, 0.1) is 5.92 Å². The van der Waals surface area contributed by atoms with Crippen molar-refractivity contribution in [3.8, 4) is 11.5 Å². The van der Waals surface area contributed by atoms with Crippen LogP contribution >= 0.6 is 23.2 Å². The van der Waals surface area contributed by atoms with Crippen molar-refractivity contribution >= 4 is 46.6 Å². The number of allylic oxidation sites excluding steroid dienone is 3. The molecule has 1 atom stereocenters. The minimum atomic E-state index is -0.526. The molecule has 4 N–H and O–H groups in total. The largest absolute Gasteiger partial charge is 0.495 e. The molecule has 0 saturated heterocycles. The van der Waals surface area contributed by atoms with Crippen molar-refractivity contribution in [2.45, 2.75) is 13.3 Å². The summed E-state index contributed by atoms with van der Waals surface area (Å²) in [6.45, 7) is 2.07. The second-order valence-electron chi connectivity index (χ2n) is 7.07. The van der Waals surface area contributed by atoms with E-state index in [1.54, 1.807) is 13.1 Å². The van der Waals surface area contributed by atoms with E-state index in [0.717, 1.165) is 12.1 Å². The Kier molecular flexibility index (Phi) is 7.32. The standard InChI is InChI=1S/C21H24Cl2N6O3/c1-11-6-5-7-12(24)19(11)27-15-9-16(26-10-25-15)29(2)21(30)28-20-17(22)13(31-3)8-14(32-4)18(20)23/h5,7-11H,6,24H2,1-4H3,(H,28,30)(H,25,26,27). The number of halogens is 2. The second kappa shape index (κ2) is 9.97. The van der Waals surface area contributed by atoms with Gasteiger partial charge in [-0.2, -0.15) is 0 Å². The molecule has 1 aromatic carbocycles. The van der Waals surface area contributed by atoms with E-state index in [4.69, 9.17) is 38.4 Å². The Morgan fingerprint density at radius 1 is 1.19 bits per heavy atom. The monoisotopic (exact) mass is 478 g/mol. The Labute approximate surface area is 196 Å². The Balaban J connectivity index is 1.83. The van der Waals surface area contributed by atoms with Crippen molar-refractivity contribution in [2.24, 2.45) is 11.7 Å². The molecule has 0 aliphatic heterocycles. The Bertz CT molecular complexity index is 1060. The van der Waals surface area contributed by atoms with E-state index in [0.29, 0.717) is 28.8 Å². The maximum Gasteiger partial charge on any atom is 0.327 e. The van der Waals surface area contributed by atoms with Gasteiger partial charge in [-0.15, -0.1) is 0 Å². The Morgan fingerprint density at radius 2 is 1.84 bits per heavy atom. The van der Waals surface area contributed by atoms with Gasteiger partial charge in [-0.05, 0) is 12.5 Å². The molecule has 2 amide bonds.